The van der Waals surface area contributed by atoms with Gasteiger partial charge in [-0.2, -0.15) is 0 Å². The zero-order chi connectivity index (χ0) is 20.0. The number of halogens is 1. The van der Waals surface area contributed by atoms with Gasteiger partial charge in [0.1, 0.15) is 11.6 Å². The lowest BCUT2D eigenvalue weighted by Crippen LogP contribution is -2.44. The number of anilines is 1. The topological polar surface area (TPSA) is 67.4 Å². The van der Waals surface area contributed by atoms with Gasteiger partial charge in [0, 0.05) is 9.79 Å². The summed E-state index contributed by atoms with van der Waals surface area (Å²) in [7, 11) is 0. The summed E-state index contributed by atoms with van der Waals surface area (Å²) in [6, 6.07) is 14.6. The highest BCUT2D eigenvalue weighted by Gasteiger charge is 2.21. The Bertz CT molecular complexity index is 807. The molecule has 0 spiro atoms. The van der Waals surface area contributed by atoms with E-state index >= 15 is 0 Å². The molecule has 7 heteroatoms. The van der Waals surface area contributed by atoms with Gasteiger partial charge in [-0.3, -0.25) is 4.79 Å². The van der Waals surface area contributed by atoms with Gasteiger partial charge in [0.15, 0.2) is 0 Å². The number of hydrogen-bond donors (Lipinski definition) is 2. The molecule has 2 aromatic carbocycles. The summed E-state index contributed by atoms with van der Waals surface area (Å²) in [5, 5.41) is 5.64. The predicted molar refractivity (Wildman–Crippen MR) is 109 cm³/mol. The van der Waals surface area contributed by atoms with Gasteiger partial charge in [-0.15, -0.1) is 0 Å². The number of hydrogen-bond acceptors (Lipinski definition) is 4. The van der Waals surface area contributed by atoms with Crippen LogP contribution in [0.1, 0.15) is 27.7 Å². The fraction of sp³-hybridized carbons (Fsp3) is 0.300. The summed E-state index contributed by atoms with van der Waals surface area (Å²) in [6.07, 6.45) is -0.647. The van der Waals surface area contributed by atoms with E-state index in [9.17, 15) is 9.59 Å². The molecule has 0 bridgehead atoms. The van der Waals surface area contributed by atoms with Crippen LogP contribution in [0, 0.1) is 0 Å². The van der Waals surface area contributed by atoms with Gasteiger partial charge in [0.05, 0.1) is 10.7 Å². The van der Waals surface area contributed by atoms with E-state index in [0.717, 1.165) is 9.79 Å². The van der Waals surface area contributed by atoms with Crippen LogP contribution in [0.5, 0.6) is 0 Å². The molecule has 1 unspecified atom stereocenters. The van der Waals surface area contributed by atoms with Crippen LogP contribution in [0.3, 0.4) is 0 Å². The Kier molecular flexibility index (Phi) is 7.16. The molecule has 144 valence electrons. The minimum absolute atomic E-state index is 0.383. The van der Waals surface area contributed by atoms with Crippen LogP contribution in [0.25, 0.3) is 0 Å². The lowest BCUT2D eigenvalue weighted by Gasteiger charge is -2.21. The molecule has 2 amide bonds. The van der Waals surface area contributed by atoms with Crippen LogP contribution in [-0.4, -0.2) is 23.6 Å². The number of amides is 2. The van der Waals surface area contributed by atoms with Crippen LogP contribution in [0.15, 0.2) is 58.3 Å². The Morgan fingerprint density at radius 2 is 1.74 bits per heavy atom. The first-order valence-corrected chi connectivity index (χ1v) is 9.66. The number of carbonyl (C=O) groups is 2. The highest BCUT2D eigenvalue weighted by atomic mass is 35.5. The maximum absolute atomic E-state index is 12.3. The first-order chi connectivity index (χ1) is 12.6. The average molecular weight is 407 g/mol. The highest BCUT2D eigenvalue weighted by Crippen LogP contribution is 2.32. The summed E-state index contributed by atoms with van der Waals surface area (Å²) >= 11 is 7.88. The average Bonchev–Trinajstić information content (AvgIpc) is 2.56. The summed E-state index contributed by atoms with van der Waals surface area (Å²) in [6.45, 7) is 6.84. The van der Waals surface area contributed by atoms with E-state index in [1.54, 1.807) is 51.6 Å². The molecule has 2 rings (SSSR count). The SMILES string of the molecule is CC(NC(=O)OC(C)(C)C)C(=O)Nc1ccc(Sc2ccccc2)cc1Cl. The summed E-state index contributed by atoms with van der Waals surface area (Å²) < 4.78 is 5.15. The van der Waals surface area contributed by atoms with E-state index < -0.39 is 17.7 Å². The van der Waals surface area contributed by atoms with E-state index in [2.05, 4.69) is 10.6 Å². The Balaban J connectivity index is 1.96. The van der Waals surface area contributed by atoms with E-state index in [-0.39, 0.29) is 5.91 Å². The van der Waals surface area contributed by atoms with Crippen molar-refractivity contribution in [2.45, 2.75) is 49.1 Å². The Morgan fingerprint density at radius 3 is 2.33 bits per heavy atom. The number of ether oxygens (including phenoxy) is 1. The van der Waals surface area contributed by atoms with Gasteiger partial charge in [-0.25, -0.2) is 4.79 Å². The van der Waals surface area contributed by atoms with Gasteiger partial charge < -0.3 is 15.4 Å². The smallest absolute Gasteiger partial charge is 0.408 e. The second kappa shape index (κ2) is 9.15. The number of nitrogens with one attached hydrogen (secondary N) is 2. The summed E-state index contributed by atoms with van der Waals surface area (Å²) in [5.41, 5.74) is -0.146. The number of carbonyl (C=O) groups excluding carboxylic acids is 2. The first-order valence-electron chi connectivity index (χ1n) is 8.47. The molecule has 0 aromatic heterocycles. The van der Waals surface area contributed by atoms with Crippen molar-refractivity contribution in [2.24, 2.45) is 0 Å². The van der Waals surface area contributed by atoms with Crippen molar-refractivity contribution in [3.63, 3.8) is 0 Å². The Morgan fingerprint density at radius 1 is 1.07 bits per heavy atom. The van der Waals surface area contributed by atoms with Gasteiger partial charge >= 0.3 is 6.09 Å². The van der Waals surface area contributed by atoms with Crippen molar-refractivity contribution >= 4 is 41.1 Å². The standard InChI is InChI=1S/C20H23ClN2O3S/c1-13(22-19(25)26-20(2,3)4)18(24)23-17-11-10-15(12-16(17)21)27-14-8-6-5-7-9-14/h5-13H,1-4H3,(H,22,25)(H,23,24). The Labute approximate surface area is 168 Å². The van der Waals surface area contributed by atoms with Crippen molar-refractivity contribution in [2.75, 3.05) is 5.32 Å². The number of rotatable bonds is 5. The van der Waals surface area contributed by atoms with Crippen LogP contribution in [0.2, 0.25) is 5.02 Å². The van der Waals surface area contributed by atoms with Crippen molar-refractivity contribution in [1.82, 2.24) is 5.32 Å². The van der Waals surface area contributed by atoms with Crippen molar-refractivity contribution in [3.8, 4) is 0 Å². The maximum atomic E-state index is 12.3. The van der Waals surface area contributed by atoms with E-state index in [4.69, 9.17) is 16.3 Å². The molecule has 0 heterocycles. The van der Waals surface area contributed by atoms with Gasteiger partial charge in [-0.05, 0) is 58.0 Å². The molecule has 5 nitrogen and oxygen atoms in total. The van der Waals surface area contributed by atoms with Crippen LogP contribution in [-0.2, 0) is 9.53 Å². The van der Waals surface area contributed by atoms with E-state index in [1.165, 1.54) is 0 Å². The lowest BCUT2D eigenvalue weighted by molar-refractivity contribution is -0.117. The molecule has 0 aliphatic rings. The molecular weight excluding hydrogens is 384 g/mol. The van der Waals surface area contributed by atoms with Crippen molar-refractivity contribution in [1.29, 1.82) is 0 Å². The molecule has 0 aliphatic heterocycles. The molecule has 0 saturated carbocycles. The second-order valence-electron chi connectivity index (χ2n) is 6.91. The molecule has 2 N–H and O–H groups in total. The molecule has 0 aliphatic carbocycles. The van der Waals surface area contributed by atoms with Crippen LogP contribution < -0.4 is 10.6 Å². The van der Waals surface area contributed by atoms with Crippen LogP contribution >= 0.6 is 23.4 Å². The summed E-state index contributed by atoms with van der Waals surface area (Å²) in [5.74, 6) is -0.383. The second-order valence-corrected chi connectivity index (χ2v) is 8.47. The third-order valence-corrected chi connectivity index (χ3v) is 4.61. The number of alkyl carbamates (subject to hydrolysis) is 1. The molecule has 1 atom stereocenters. The lowest BCUT2D eigenvalue weighted by atomic mass is 10.2. The van der Waals surface area contributed by atoms with Crippen LogP contribution in [0.4, 0.5) is 10.5 Å². The number of benzene rings is 2. The molecule has 2 aromatic rings. The van der Waals surface area contributed by atoms with E-state index in [1.807, 2.05) is 36.4 Å². The zero-order valence-corrected chi connectivity index (χ0v) is 17.3. The molecule has 0 fully saturated rings. The molecule has 27 heavy (non-hydrogen) atoms. The molecular formula is C20H23ClN2O3S. The quantitative estimate of drug-likeness (QED) is 0.702. The normalized spacial score (nSPS) is 12.2. The fourth-order valence-electron chi connectivity index (χ4n) is 2.08. The van der Waals surface area contributed by atoms with E-state index in [0.29, 0.717) is 10.7 Å². The third-order valence-electron chi connectivity index (χ3n) is 3.30. The van der Waals surface area contributed by atoms with Gasteiger partial charge in [-0.1, -0.05) is 41.6 Å². The summed E-state index contributed by atoms with van der Waals surface area (Å²) in [4.78, 5) is 26.1. The minimum atomic E-state index is -0.769. The third kappa shape index (κ3) is 7.15. The minimum Gasteiger partial charge on any atom is -0.444 e. The maximum Gasteiger partial charge on any atom is 0.408 e. The highest BCUT2D eigenvalue weighted by molar-refractivity contribution is 7.99. The van der Waals surface area contributed by atoms with Crippen molar-refractivity contribution in [3.05, 3.63) is 53.6 Å². The molecule has 0 radical (unpaired) electrons. The predicted octanol–water partition coefficient (Wildman–Crippen LogP) is 5.34. The van der Waals surface area contributed by atoms with Gasteiger partial charge in [0.2, 0.25) is 5.91 Å². The first kappa shape index (κ1) is 21.1. The largest absolute Gasteiger partial charge is 0.444 e. The fourth-order valence-corrected chi connectivity index (χ4v) is 3.25. The zero-order valence-electron chi connectivity index (χ0n) is 15.7. The van der Waals surface area contributed by atoms with Gasteiger partial charge in [0.25, 0.3) is 0 Å². The van der Waals surface area contributed by atoms with Crippen molar-refractivity contribution < 1.29 is 14.3 Å². The Hall–Kier alpha value is -2.18. The molecule has 0 saturated heterocycles. The monoisotopic (exact) mass is 406 g/mol.